The Morgan fingerprint density at radius 3 is 0.946 bits per heavy atom. The Morgan fingerprint density at radius 2 is 0.673 bits per heavy atom. The number of carboxylic acid groups (broad SMARTS) is 1. The molecule has 16 aromatic rings. The average Bonchev–Trinajstić information content (AvgIpc) is 1.71. The molecule has 0 aromatic carbocycles. The second-order valence-electron chi connectivity index (χ2n) is 35.6. The third kappa shape index (κ3) is 27.4. The number of pyridine rings is 8. The van der Waals surface area contributed by atoms with Crippen molar-refractivity contribution < 1.29 is 93.7 Å². The number of carbonyl (C=O) groups is 6. The van der Waals surface area contributed by atoms with Gasteiger partial charge in [-0.3, -0.25) is 34.1 Å². The number of hydrogen-bond acceptors (Lipinski definition) is 34. The first-order chi connectivity index (χ1) is 69.8. The molecule has 16 aromatic heterocycles. The Labute approximate surface area is 866 Å². The van der Waals surface area contributed by atoms with Crippen LogP contribution in [0.15, 0.2) is 179 Å². The van der Waals surface area contributed by atoms with E-state index in [4.69, 9.17) is 19.7 Å². The van der Waals surface area contributed by atoms with Gasteiger partial charge in [0.1, 0.15) is 69.6 Å². The van der Waals surface area contributed by atoms with E-state index in [1.54, 1.807) is 155 Å². The molecule has 0 aliphatic heterocycles. The van der Waals surface area contributed by atoms with Crippen molar-refractivity contribution >= 4 is 53.1 Å². The third-order valence-electron chi connectivity index (χ3n) is 24.1. The van der Waals surface area contributed by atoms with Crippen LogP contribution in [-0.2, 0) is 14.3 Å². The zero-order valence-corrected chi connectivity index (χ0v) is 84.6. The summed E-state index contributed by atoms with van der Waals surface area (Å²) >= 11 is 0. The van der Waals surface area contributed by atoms with Crippen molar-refractivity contribution in [3.63, 3.8) is 0 Å². The topological polar surface area (TPSA) is 591 Å². The number of carboxylic acids is 1. The summed E-state index contributed by atoms with van der Waals surface area (Å²) < 4.78 is 24.4. The Bertz CT molecular complexity index is 7060. The van der Waals surface area contributed by atoms with Crippen LogP contribution in [0.2, 0.25) is 0 Å². The van der Waals surface area contributed by atoms with Crippen molar-refractivity contribution in [2.24, 2.45) is 0 Å². The summed E-state index contributed by atoms with van der Waals surface area (Å²) in [4.78, 5) is 130. The Hall–Kier alpha value is -15.9. The van der Waals surface area contributed by atoms with Crippen LogP contribution in [0.5, 0.6) is 0 Å². The van der Waals surface area contributed by atoms with Crippen LogP contribution in [0.25, 0.3) is 63.0 Å². The predicted octanol–water partition coefficient (Wildman–Crippen LogP) is 10.1. The minimum Gasteiger partial charge on any atom is -0.870 e. The maximum atomic E-state index is 13.0. The molecule has 147 heavy (non-hydrogen) atoms. The van der Waals surface area contributed by atoms with Gasteiger partial charge in [0.25, 0.3) is 17.7 Å². The summed E-state index contributed by atoms with van der Waals surface area (Å²) in [5.41, 5.74) is 17.1. The maximum Gasteiger partial charge on any atom is 1.00 e. The molecule has 0 spiro atoms. The average molecular weight is 2010 g/mol. The molecule has 0 radical (unpaired) electrons. The summed E-state index contributed by atoms with van der Waals surface area (Å²) in [6.45, 7) is 18.9. The number of nitrogens with zero attached hydrogens (tertiary/aromatic N) is 30. The summed E-state index contributed by atoms with van der Waals surface area (Å²) in [7, 11) is 1.00. The van der Waals surface area contributed by atoms with Gasteiger partial charge in [0.2, 0.25) is 17.5 Å². The summed E-state index contributed by atoms with van der Waals surface area (Å²) in [5.74, 6) is 2.10. The van der Waals surface area contributed by atoms with Gasteiger partial charge in [-0.2, -0.15) is 0 Å². The van der Waals surface area contributed by atoms with Crippen LogP contribution in [0.1, 0.15) is 276 Å². The summed E-state index contributed by atoms with van der Waals surface area (Å²) in [6, 6.07) is 23.1. The number of nitrogens with one attached hydrogen (secondary N) is 3. The van der Waals surface area contributed by atoms with Gasteiger partial charge < -0.3 is 74.2 Å². The summed E-state index contributed by atoms with van der Waals surface area (Å²) in [5, 5.41) is 78.1. The number of esters is 2. The molecule has 5 aliphatic rings. The number of rotatable bonds is 31. The molecule has 47 heteroatoms. The quantitative estimate of drug-likeness (QED) is 0.0121. The molecule has 21 rings (SSSR count). The Kier molecular flexibility index (Phi) is 36.6. The van der Waals surface area contributed by atoms with E-state index in [0.29, 0.717) is 93.9 Å². The molecule has 5 saturated carbocycles. The smallest absolute Gasteiger partial charge is 0.870 e. The van der Waals surface area contributed by atoms with E-state index in [1.165, 1.54) is 85.2 Å². The van der Waals surface area contributed by atoms with Gasteiger partial charge in [0.05, 0.1) is 126 Å². The van der Waals surface area contributed by atoms with Crippen molar-refractivity contribution in [3.05, 3.63) is 263 Å². The molecule has 16 heterocycles. The largest absolute Gasteiger partial charge is 1.00 e. The number of imidazole rings is 5. The molecule has 758 valence electrons. The molecule has 3 atom stereocenters. The van der Waals surface area contributed by atoms with Crippen molar-refractivity contribution in [2.75, 3.05) is 49.5 Å². The number of aliphatic hydroxyl groups is 3. The van der Waals surface area contributed by atoms with Gasteiger partial charge in [-0.05, 0) is 252 Å². The van der Waals surface area contributed by atoms with Crippen molar-refractivity contribution in [1.29, 1.82) is 0 Å². The van der Waals surface area contributed by atoms with Crippen molar-refractivity contribution in [3.8, 4) is 63.0 Å². The number of amides is 3. The van der Waals surface area contributed by atoms with E-state index in [2.05, 4.69) is 134 Å². The van der Waals surface area contributed by atoms with Crippen LogP contribution in [-0.4, -0.2) is 243 Å². The summed E-state index contributed by atoms with van der Waals surface area (Å²) in [6.07, 6.45) is 41.0. The monoisotopic (exact) mass is 2010 g/mol. The van der Waals surface area contributed by atoms with E-state index >= 15 is 0 Å². The fourth-order valence-corrected chi connectivity index (χ4v) is 15.1. The van der Waals surface area contributed by atoms with Gasteiger partial charge in [0.15, 0.2) is 0 Å². The van der Waals surface area contributed by atoms with Gasteiger partial charge >= 0.3 is 47.5 Å². The fraction of sp³-hybridized carbons (Fsp3) is 0.360. The Morgan fingerprint density at radius 1 is 0.401 bits per heavy atom. The van der Waals surface area contributed by atoms with Gasteiger partial charge in [-0.15, -0.1) is 15.3 Å². The molecular weight excluding hydrogens is 1890 g/mol. The van der Waals surface area contributed by atoms with Gasteiger partial charge in [-0.1, -0.05) is 39.0 Å². The number of anilines is 3. The number of carbonyl (C=O) groups excluding carboxylic acids is 5. The minimum atomic E-state index is -1.02. The molecule has 3 amide bonds. The van der Waals surface area contributed by atoms with Crippen molar-refractivity contribution in [2.45, 2.75) is 201 Å². The Balaban J connectivity index is 0.000000155. The van der Waals surface area contributed by atoms with Crippen molar-refractivity contribution in [1.82, 2.24) is 148 Å². The molecule has 8 N–H and O–H groups in total. The number of unbranched alkanes of at least 4 members (excludes halogenated alkanes) is 1. The molecule has 5 fully saturated rings. The van der Waals surface area contributed by atoms with Crippen LogP contribution in [0.3, 0.4) is 0 Å². The van der Waals surface area contributed by atoms with E-state index in [9.17, 15) is 39.0 Å². The molecule has 0 saturated heterocycles. The molecule has 5 aliphatic carbocycles. The molecular formula is C100H114N33NaO13. The number of aliphatic hydroxyl groups excluding tert-OH is 3. The molecule has 46 nitrogen and oxygen atoms in total. The number of tetrazole rings is 3. The first-order valence-corrected chi connectivity index (χ1v) is 47.2. The van der Waals surface area contributed by atoms with Gasteiger partial charge in [0, 0.05) is 106 Å². The normalized spacial score (nSPS) is 13.8. The maximum absolute atomic E-state index is 13.0. The predicted molar refractivity (Wildman–Crippen MR) is 531 cm³/mol. The number of aromatic nitrogens is 30. The number of ether oxygens (including phenoxy) is 2. The second kappa shape index (κ2) is 49.6. The molecule has 3 unspecified atom stereocenters. The number of hydrogen-bond donors (Lipinski definition) is 7. The van der Waals surface area contributed by atoms with Crippen LogP contribution >= 0.6 is 0 Å². The first kappa shape index (κ1) is 108. The van der Waals surface area contributed by atoms with E-state index in [1.807, 2.05) is 102 Å². The van der Waals surface area contributed by atoms with E-state index in [0.717, 1.165) is 105 Å². The van der Waals surface area contributed by atoms with Crippen LogP contribution in [0.4, 0.5) is 17.5 Å². The van der Waals surface area contributed by atoms with Crippen LogP contribution < -0.4 is 45.5 Å². The van der Waals surface area contributed by atoms with E-state index < -0.39 is 11.9 Å². The number of aryl methyl sites for hydroxylation is 5. The van der Waals surface area contributed by atoms with Gasteiger partial charge in [-0.25, -0.2) is 73.5 Å². The van der Waals surface area contributed by atoms with Crippen LogP contribution in [0, 0.1) is 34.6 Å². The zero-order chi connectivity index (χ0) is 101. The number of aromatic carboxylic acids is 1. The third-order valence-corrected chi connectivity index (χ3v) is 24.1. The first-order valence-electron chi connectivity index (χ1n) is 47.2. The standard InChI is InChI=1S/C24H25N9O3.2C22H23N9O2.C17H21N3O2.C13H13N3O2.CH4O.CH4.Na.H2O/c1-14-10-25-19(9-21(14)32-11-20(26-13-32)17-7-8-17)24(35)28-22-6-4-5-18(27-22)23-29-30-31-33(23)15(2)12-36-16(3)34;2*1-13-9-23-17(8-19(13)30-10-18(24-12-30)15-6-7-15)22(33)26-20-5-3-4-16(25-20)21-27-28-29-31(21)14(2)11-32;1-3-4-7-22-17(21)14-8-16(12(2)9-18-14)20-10-15(19-11-20)13-5-6-13;1-8-5-14-10(13(17)18)4-12(8)16-6-11(15-7-16)9-2-3-9;1-2;;;/h4-6,9-11,13,15,17H,7-8,12H2,1-3H3,(H,27,28,35);2*3-5,8-10,12,14-15,32H,6-7,11H2,1-2H3,(H,25,26,33);8-11,13H,3-7H2,1-2H3;4-7,9H,2-3H2,1H3,(H,17,18);2H,1H3;1H4;;1H2/q;;;;;;;+1;/p-1. The molecule has 0 bridgehead atoms. The minimum absolute atomic E-state index is 0. The second-order valence-corrected chi connectivity index (χ2v) is 35.6. The SMILES string of the molecule is C.CC(=O)OCC(C)n1nnnc1-c1cccc(NC(=O)c2cc(-n3cnc(C4CC4)c3)c(C)cn2)n1.CCCCOC(=O)c1cc(-n2cnc(C3CC3)c2)c(C)cn1.CO.Cc1cnc(C(=O)Nc2cccc(-c3nnnn3C(C)CO)n2)cc1-n1cnc(C2CC2)c1.Cc1cnc(C(=O)Nc2cccc(-c3nnnn3C(C)CO)n2)cc1-n1cnc(C2CC2)c1.Cc1cnc(C(=O)O)cc1-n1cnc(C2CC2)c1.[Na+].[OH-]. The van der Waals surface area contributed by atoms with E-state index in [-0.39, 0.29) is 127 Å². The fourth-order valence-electron chi connectivity index (χ4n) is 15.1. The zero-order valence-electron chi connectivity index (χ0n) is 82.6.